The maximum absolute atomic E-state index is 11.9. The van der Waals surface area contributed by atoms with Gasteiger partial charge in [0.05, 0.1) is 6.54 Å². The average molecular weight is 281 g/mol. The Morgan fingerprint density at radius 3 is 3.00 bits per heavy atom. The fourth-order valence-corrected chi connectivity index (χ4v) is 2.94. The van der Waals surface area contributed by atoms with E-state index in [-0.39, 0.29) is 5.91 Å². The van der Waals surface area contributed by atoms with Crippen LogP contribution < -0.4 is 10.6 Å². The third-order valence-electron chi connectivity index (χ3n) is 3.41. The van der Waals surface area contributed by atoms with Crippen molar-refractivity contribution in [1.29, 1.82) is 0 Å². The van der Waals surface area contributed by atoms with Gasteiger partial charge in [0.15, 0.2) is 0 Å². The Bertz CT molecular complexity index is 376. The van der Waals surface area contributed by atoms with Crippen LogP contribution in [0.15, 0.2) is 17.5 Å². The van der Waals surface area contributed by atoms with Gasteiger partial charge in [-0.2, -0.15) is 0 Å². The van der Waals surface area contributed by atoms with Crippen molar-refractivity contribution >= 4 is 17.2 Å². The topological polar surface area (TPSA) is 44.4 Å². The predicted octanol–water partition coefficient (Wildman–Crippen LogP) is 1.09. The lowest BCUT2D eigenvalue weighted by Crippen LogP contribution is -2.59. The molecular weight excluding hydrogens is 258 g/mol. The smallest absolute Gasteiger partial charge is 0.234 e. The quantitative estimate of drug-likeness (QED) is 0.750. The molecule has 0 spiro atoms. The maximum Gasteiger partial charge on any atom is 0.234 e. The fraction of sp³-hybridized carbons (Fsp3) is 0.643. The number of hydrogen-bond donors (Lipinski definition) is 2. The summed E-state index contributed by atoms with van der Waals surface area (Å²) in [5.74, 6) is 0.150. The standard InChI is InChI=1S/C14H23N3OS/c1-2-7-17(12-9-15-10-12)11-14(18)16-6-5-13-4-3-8-19-13/h3-4,8,12,15H,2,5-7,9-11H2,1H3,(H,16,18). The van der Waals surface area contributed by atoms with E-state index in [1.807, 2.05) is 6.07 Å². The molecule has 19 heavy (non-hydrogen) atoms. The first-order valence-electron chi connectivity index (χ1n) is 7.03. The van der Waals surface area contributed by atoms with E-state index in [0.29, 0.717) is 12.6 Å². The molecule has 4 nitrogen and oxygen atoms in total. The van der Waals surface area contributed by atoms with Gasteiger partial charge < -0.3 is 10.6 Å². The highest BCUT2D eigenvalue weighted by atomic mass is 32.1. The maximum atomic E-state index is 11.9. The van der Waals surface area contributed by atoms with E-state index < -0.39 is 0 Å². The molecule has 1 aromatic heterocycles. The van der Waals surface area contributed by atoms with Crippen LogP contribution in [0.4, 0.5) is 0 Å². The Hall–Kier alpha value is -0.910. The van der Waals surface area contributed by atoms with Crippen molar-refractivity contribution in [3.05, 3.63) is 22.4 Å². The van der Waals surface area contributed by atoms with Crippen LogP contribution in [0.1, 0.15) is 18.2 Å². The van der Waals surface area contributed by atoms with Gasteiger partial charge in [-0.25, -0.2) is 0 Å². The SMILES string of the molecule is CCCN(CC(=O)NCCc1cccs1)C1CNC1. The average Bonchev–Trinajstić information content (AvgIpc) is 2.80. The third-order valence-corrected chi connectivity index (χ3v) is 4.34. The molecule has 0 unspecified atom stereocenters. The summed E-state index contributed by atoms with van der Waals surface area (Å²) in [7, 11) is 0. The number of thiophene rings is 1. The summed E-state index contributed by atoms with van der Waals surface area (Å²) in [4.78, 5) is 15.5. The minimum Gasteiger partial charge on any atom is -0.355 e. The lowest BCUT2D eigenvalue weighted by molar-refractivity contribution is -0.123. The van der Waals surface area contributed by atoms with Gasteiger partial charge in [-0.05, 0) is 30.8 Å². The van der Waals surface area contributed by atoms with Crippen molar-refractivity contribution in [3.8, 4) is 0 Å². The Kier molecular flexibility index (Phi) is 5.82. The number of nitrogens with one attached hydrogen (secondary N) is 2. The zero-order chi connectivity index (χ0) is 13.5. The van der Waals surface area contributed by atoms with Crippen LogP contribution in [-0.4, -0.2) is 49.6 Å². The molecule has 0 saturated carbocycles. The van der Waals surface area contributed by atoms with Crippen LogP contribution in [-0.2, 0) is 11.2 Å². The summed E-state index contributed by atoms with van der Waals surface area (Å²) >= 11 is 1.74. The van der Waals surface area contributed by atoms with Gasteiger partial charge in [0.2, 0.25) is 5.91 Å². The molecule has 2 rings (SSSR count). The number of carbonyl (C=O) groups is 1. The second kappa shape index (κ2) is 7.62. The van der Waals surface area contributed by atoms with E-state index in [9.17, 15) is 4.79 Å². The summed E-state index contributed by atoms with van der Waals surface area (Å²) in [5, 5.41) is 8.35. The molecule has 1 saturated heterocycles. The number of carbonyl (C=O) groups excluding carboxylic acids is 1. The molecule has 106 valence electrons. The monoisotopic (exact) mass is 281 g/mol. The molecule has 1 fully saturated rings. The van der Waals surface area contributed by atoms with Crippen molar-refractivity contribution in [3.63, 3.8) is 0 Å². The van der Waals surface area contributed by atoms with Gasteiger partial charge in [0, 0.05) is 30.6 Å². The van der Waals surface area contributed by atoms with Gasteiger partial charge in [0.25, 0.3) is 0 Å². The first-order chi connectivity index (χ1) is 9.29. The van der Waals surface area contributed by atoms with Gasteiger partial charge >= 0.3 is 0 Å². The summed E-state index contributed by atoms with van der Waals surface area (Å²) in [6.45, 7) is 6.47. The molecule has 1 aromatic rings. The summed E-state index contributed by atoms with van der Waals surface area (Å²) in [5.41, 5.74) is 0. The predicted molar refractivity (Wildman–Crippen MR) is 79.6 cm³/mol. The van der Waals surface area contributed by atoms with Crippen molar-refractivity contribution in [1.82, 2.24) is 15.5 Å². The van der Waals surface area contributed by atoms with Crippen LogP contribution in [0.2, 0.25) is 0 Å². The molecule has 2 heterocycles. The Morgan fingerprint density at radius 1 is 1.58 bits per heavy atom. The van der Waals surface area contributed by atoms with Crippen LogP contribution in [0.25, 0.3) is 0 Å². The van der Waals surface area contributed by atoms with E-state index in [1.165, 1.54) is 4.88 Å². The Balaban J connectivity index is 1.66. The Labute approximate surface area is 119 Å². The van der Waals surface area contributed by atoms with Gasteiger partial charge in [0.1, 0.15) is 0 Å². The molecule has 5 heteroatoms. The number of rotatable bonds is 8. The lowest BCUT2D eigenvalue weighted by atomic mass is 10.1. The molecule has 0 aromatic carbocycles. The first-order valence-corrected chi connectivity index (χ1v) is 7.91. The third kappa shape index (κ3) is 4.60. The molecule has 0 radical (unpaired) electrons. The van der Waals surface area contributed by atoms with E-state index in [2.05, 4.69) is 33.9 Å². The highest BCUT2D eigenvalue weighted by Crippen LogP contribution is 2.08. The molecule has 1 aliphatic heterocycles. The van der Waals surface area contributed by atoms with Crippen molar-refractivity contribution in [2.24, 2.45) is 0 Å². The molecule has 0 bridgehead atoms. The van der Waals surface area contributed by atoms with Crippen LogP contribution >= 0.6 is 11.3 Å². The van der Waals surface area contributed by atoms with Gasteiger partial charge in [-0.1, -0.05) is 13.0 Å². The lowest BCUT2D eigenvalue weighted by Gasteiger charge is -2.37. The van der Waals surface area contributed by atoms with Crippen LogP contribution in [0, 0.1) is 0 Å². The summed E-state index contributed by atoms with van der Waals surface area (Å²) in [6.07, 6.45) is 2.03. The molecule has 0 atom stereocenters. The highest BCUT2D eigenvalue weighted by Gasteiger charge is 2.25. The largest absolute Gasteiger partial charge is 0.355 e. The molecule has 2 N–H and O–H groups in total. The van der Waals surface area contributed by atoms with Crippen molar-refractivity contribution < 1.29 is 4.79 Å². The van der Waals surface area contributed by atoms with Gasteiger partial charge in [-0.15, -0.1) is 11.3 Å². The molecule has 1 amide bonds. The van der Waals surface area contributed by atoms with Crippen molar-refractivity contribution in [2.75, 3.05) is 32.7 Å². The zero-order valence-electron chi connectivity index (χ0n) is 11.5. The minimum atomic E-state index is 0.150. The molecule has 1 aliphatic rings. The minimum absolute atomic E-state index is 0.150. The zero-order valence-corrected chi connectivity index (χ0v) is 12.3. The molecular formula is C14H23N3OS. The first kappa shape index (κ1) is 14.5. The van der Waals surface area contributed by atoms with E-state index >= 15 is 0 Å². The van der Waals surface area contributed by atoms with Crippen LogP contribution in [0.5, 0.6) is 0 Å². The Morgan fingerprint density at radius 2 is 2.42 bits per heavy atom. The second-order valence-electron chi connectivity index (χ2n) is 4.96. The number of hydrogen-bond acceptors (Lipinski definition) is 4. The van der Waals surface area contributed by atoms with Crippen molar-refractivity contribution in [2.45, 2.75) is 25.8 Å². The number of amides is 1. The molecule has 0 aliphatic carbocycles. The van der Waals surface area contributed by atoms with Gasteiger partial charge in [-0.3, -0.25) is 9.69 Å². The second-order valence-corrected chi connectivity index (χ2v) is 5.99. The summed E-state index contributed by atoms with van der Waals surface area (Å²) < 4.78 is 0. The highest BCUT2D eigenvalue weighted by molar-refractivity contribution is 7.09. The fourth-order valence-electron chi connectivity index (χ4n) is 2.23. The summed E-state index contributed by atoms with van der Waals surface area (Å²) in [6, 6.07) is 4.71. The normalized spacial score (nSPS) is 15.5. The van der Waals surface area contributed by atoms with E-state index in [1.54, 1.807) is 11.3 Å². The van der Waals surface area contributed by atoms with Crippen LogP contribution in [0.3, 0.4) is 0 Å². The van der Waals surface area contributed by atoms with E-state index in [4.69, 9.17) is 0 Å². The van der Waals surface area contributed by atoms with E-state index in [0.717, 1.165) is 39.0 Å². The number of nitrogens with zero attached hydrogens (tertiary/aromatic N) is 1.